The van der Waals surface area contributed by atoms with Gasteiger partial charge in [0.15, 0.2) is 0 Å². The average molecular weight is 443 g/mol. The molecule has 1 N–H and O–H groups in total. The first-order chi connectivity index (χ1) is 14.5. The van der Waals surface area contributed by atoms with Crippen LogP contribution >= 0.6 is 23.1 Å². The predicted molar refractivity (Wildman–Crippen MR) is 124 cm³/mol. The zero-order chi connectivity index (χ0) is 21.3. The molecule has 0 saturated heterocycles. The quantitative estimate of drug-likeness (QED) is 0.492. The maximum Gasteiger partial charge on any atom is 0.221 e. The first-order valence-electron chi connectivity index (χ1n) is 10.2. The minimum Gasteiger partial charge on any atom is -0.356 e. The topological polar surface area (TPSA) is 58.1 Å². The van der Waals surface area contributed by atoms with E-state index < -0.39 is 0 Å². The molecule has 0 aliphatic heterocycles. The van der Waals surface area contributed by atoms with Gasteiger partial charge in [-0.3, -0.25) is 4.79 Å². The maximum atomic E-state index is 12.3. The molecular weight excluding hydrogens is 416 g/mol. The molecular formula is C23H27ClN4OS. The van der Waals surface area contributed by atoms with Crippen LogP contribution in [0.4, 0.5) is 5.13 Å². The van der Waals surface area contributed by atoms with E-state index in [1.54, 1.807) is 0 Å². The van der Waals surface area contributed by atoms with Gasteiger partial charge in [0.1, 0.15) is 5.82 Å². The zero-order valence-corrected chi connectivity index (χ0v) is 18.9. The predicted octanol–water partition coefficient (Wildman–Crippen LogP) is 4.75. The van der Waals surface area contributed by atoms with Gasteiger partial charge in [-0.2, -0.15) is 4.37 Å². The monoisotopic (exact) mass is 442 g/mol. The normalized spacial score (nSPS) is 10.9. The Hall–Kier alpha value is -2.44. The van der Waals surface area contributed by atoms with E-state index in [2.05, 4.69) is 40.6 Å². The summed E-state index contributed by atoms with van der Waals surface area (Å²) in [6.07, 6.45) is 1.93. The van der Waals surface area contributed by atoms with Gasteiger partial charge in [-0.1, -0.05) is 54.1 Å². The molecule has 158 valence electrons. The number of amides is 1. The van der Waals surface area contributed by atoms with Crippen LogP contribution in [0.25, 0.3) is 0 Å². The highest BCUT2D eigenvalue weighted by Gasteiger charge is 2.17. The number of aromatic nitrogens is 2. The molecule has 3 rings (SSSR count). The van der Waals surface area contributed by atoms with Gasteiger partial charge in [0.05, 0.1) is 0 Å². The first kappa shape index (κ1) is 22.2. The second-order valence-corrected chi connectivity index (χ2v) is 8.59. The summed E-state index contributed by atoms with van der Waals surface area (Å²) in [4.78, 5) is 19.1. The van der Waals surface area contributed by atoms with E-state index in [9.17, 15) is 4.79 Å². The maximum absolute atomic E-state index is 12.3. The Morgan fingerprint density at radius 1 is 1.10 bits per heavy atom. The molecule has 0 unspecified atom stereocenters. The number of carbonyl (C=O) groups excluding carboxylic acids is 1. The molecule has 0 aliphatic carbocycles. The number of nitrogens with one attached hydrogen (secondary N) is 1. The number of hydrogen-bond acceptors (Lipinski definition) is 5. The fourth-order valence-corrected chi connectivity index (χ4v) is 4.07. The average Bonchev–Trinajstić information content (AvgIpc) is 3.18. The summed E-state index contributed by atoms with van der Waals surface area (Å²) in [5.41, 5.74) is 2.35. The van der Waals surface area contributed by atoms with Crippen LogP contribution in [-0.4, -0.2) is 34.4 Å². The van der Waals surface area contributed by atoms with Gasteiger partial charge in [-0.15, -0.1) is 0 Å². The van der Waals surface area contributed by atoms with Crippen molar-refractivity contribution in [3.8, 4) is 0 Å². The van der Waals surface area contributed by atoms with Crippen LogP contribution in [-0.2, 0) is 17.6 Å². The summed E-state index contributed by atoms with van der Waals surface area (Å²) in [5, 5.41) is 4.58. The molecule has 30 heavy (non-hydrogen) atoms. The van der Waals surface area contributed by atoms with Crippen molar-refractivity contribution in [2.45, 2.75) is 39.2 Å². The van der Waals surface area contributed by atoms with Crippen molar-refractivity contribution in [1.29, 1.82) is 0 Å². The highest BCUT2D eigenvalue weighted by Crippen LogP contribution is 2.22. The molecule has 1 amide bonds. The summed E-state index contributed by atoms with van der Waals surface area (Å²) in [6, 6.07) is 18.1. The Morgan fingerprint density at radius 3 is 2.53 bits per heavy atom. The van der Waals surface area contributed by atoms with Crippen molar-refractivity contribution in [2.24, 2.45) is 0 Å². The van der Waals surface area contributed by atoms with Gasteiger partial charge >= 0.3 is 0 Å². The molecule has 2 aromatic carbocycles. The highest BCUT2D eigenvalue weighted by atomic mass is 35.5. The molecule has 1 aromatic heterocycles. The lowest BCUT2D eigenvalue weighted by molar-refractivity contribution is -0.120. The second kappa shape index (κ2) is 11.1. The number of benzene rings is 2. The molecule has 1 heterocycles. The van der Waals surface area contributed by atoms with Gasteiger partial charge < -0.3 is 10.2 Å². The Bertz CT molecular complexity index is 928. The molecule has 5 nitrogen and oxygen atoms in total. The molecule has 0 fully saturated rings. The van der Waals surface area contributed by atoms with E-state index >= 15 is 0 Å². The van der Waals surface area contributed by atoms with Crippen molar-refractivity contribution in [2.75, 3.05) is 18.0 Å². The van der Waals surface area contributed by atoms with Crippen LogP contribution in [0.3, 0.4) is 0 Å². The highest BCUT2D eigenvalue weighted by molar-refractivity contribution is 7.09. The third-order valence-corrected chi connectivity index (χ3v) is 5.80. The molecule has 0 spiro atoms. The number of carbonyl (C=O) groups is 1. The fourth-order valence-electron chi connectivity index (χ4n) is 3.09. The van der Waals surface area contributed by atoms with Crippen LogP contribution in [0.5, 0.6) is 0 Å². The van der Waals surface area contributed by atoms with Gasteiger partial charge in [0.25, 0.3) is 0 Å². The molecule has 0 saturated carbocycles. The minimum absolute atomic E-state index is 0.0579. The number of anilines is 1. The van der Waals surface area contributed by atoms with Crippen LogP contribution in [0.2, 0.25) is 5.02 Å². The largest absolute Gasteiger partial charge is 0.356 e. The SMILES string of the molecule is CC(C)N(CCC(=O)NCCc1ccccc1)c1nc(Cc2ccc(Cl)cc2)ns1. The molecule has 0 radical (unpaired) electrons. The molecule has 0 atom stereocenters. The van der Waals surface area contributed by atoms with E-state index in [0.717, 1.165) is 28.0 Å². The van der Waals surface area contributed by atoms with Crippen molar-refractivity contribution in [3.63, 3.8) is 0 Å². The van der Waals surface area contributed by atoms with Crippen molar-refractivity contribution in [1.82, 2.24) is 14.7 Å². The summed E-state index contributed by atoms with van der Waals surface area (Å²) >= 11 is 7.33. The van der Waals surface area contributed by atoms with Crippen LogP contribution < -0.4 is 10.2 Å². The lowest BCUT2D eigenvalue weighted by atomic mass is 10.1. The number of rotatable bonds is 10. The Morgan fingerprint density at radius 2 is 1.83 bits per heavy atom. The van der Waals surface area contributed by atoms with Crippen molar-refractivity contribution >= 4 is 34.2 Å². The van der Waals surface area contributed by atoms with Crippen molar-refractivity contribution < 1.29 is 4.79 Å². The number of nitrogens with zero attached hydrogens (tertiary/aromatic N) is 3. The lowest BCUT2D eigenvalue weighted by Gasteiger charge is -2.25. The van der Waals surface area contributed by atoms with Gasteiger partial charge in [0.2, 0.25) is 11.0 Å². The smallest absolute Gasteiger partial charge is 0.221 e. The summed E-state index contributed by atoms with van der Waals surface area (Å²) < 4.78 is 4.50. The van der Waals surface area contributed by atoms with Crippen molar-refractivity contribution in [3.05, 3.63) is 76.6 Å². The van der Waals surface area contributed by atoms with Crippen LogP contribution in [0.1, 0.15) is 37.2 Å². The number of halogens is 1. The molecule has 0 bridgehead atoms. The number of hydrogen-bond donors (Lipinski definition) is 1. The summed E-state index contributed by atoms with van der Waals surface area (Å²) in [6.45, 7) is 5.47. The Labute approximate surface area is 187 Å². The van der Waals surface area contributed by atoms with E-state index in [4.69, 9.17) is 16.6 Å². The second-order valence-electron chi connectivity index (χ2n) is 7.42. The minimum atomic E-state index is 0.0579. The van der Waals surface area contributed by atoms with E-state index in [0.29, 0.717) is 25.9 Å². The van der Waals surface area contributed by atoms with Gasteiger partial charge in [-0.05, 0) is 43.5 Å². The van der Waals surface area contributed by atoms with E-state index in [-0.39, 0.29) is 11.9 Å². The Kier molecular flexibility index (Phi) is 8.22. The third kappa shape index (κ3) is 6.82. The Balaban J connectivity index is 1.50. The van der Waals surface area contributed by atoms with Crippen LogP contribution in [0, 0.1) is 0 Å². The lowest BCUT2D eigenvalue weighted by Crippen LogP contribution is -2.35. The van der Waals surface area contributed by atoms with Gasteiger partial charge in [-0.25, -0.2) is 4.98 Å². The molecule has 0 aliphatic rings. The molecule has 3 aromatic rings. The van der Waals surface area contributed by atoms with E-state index in [1.165, 1.54) is 17.1 Å². The van der Waals surface area contributed by atoms with E-state index in [1.807, 2.05) is 42.5 Å². The zero-order valence-electron chi connectivity index (χ0n) is 17.3. The fraction of sp³-hybridized carbons (Fsp3) is 0.348. The third-order valence-electron chi connectivity index (χ3n) is 4.76. The molecule has 7 heteroatoms. The van der Waals surface area contributed by atoms with Crippen LogP contribution in [0.15, 0.2) is 54.6 Å². The summed E-state index contributed by atoms with van der Waals surface area (Å²) in [5.74, 6) is 0.845. The summed E-state index contributed by atoms with van der Waals surface area (Å²) in [7, 11) is 0. The standard InChI is InChI=1S/C23H27ClN4OS/c1-17(2)28(15-13-22(29)25-14-12-18-6-4-3-5-7-18)23-26-21(27-30-23)16-19-8-10-20(24)11-9-19/h3-11,17H,12-16H2,1-2H3,(H,25,29). The first-order valence-corrected chi connectivity index (χ1v) is 11.3. The van der Waals surface area contributed by atoms with Gasteiger partial charge in [0, 0.05) is 48.5 Å².